The van der Waals surface area contributed by atoms with Gasteiger partial charge >= 0.3 is 21.1 Å². The Labute approximate surface area is 74.7 Å². The third-order valence-electron chi connectivity index (χ3n) is 1.13. The zero-order valence-corrected chi connectivity index (χ0v) is 8.27. The molecule has 0 unspecified atom stereocenters. The molecule has 0 fully saturated rings. The molecule has 0 saturated heterocycles. The van der Waals surface area contributed by atoms with Gasteiger partial charge in [0, 0.05) is 0 Å². The summed E-state index contributed by atoms with van der Waals surface area (Å²) in [5.74, 6) is 0. The van der Waals surface area contributed by atoms with E-state index in [1.165, 1.54) is 0 Å². The number of hydrogen-bond acceptors (Lipinski definition) is 1. The maximum atomic E-state index is 10.1. The third-order valence-corrected chi connectivity index (χ3v) is 1.13. The minimum atomic E-state index is 0. The van der Waals surface area contributed by atoms with Crippen LogP contribution in [0, 0.1) is 6.92 Å². The van der Waals surface area contributed by atoms with E-state index in [0.717, 1.165) is 5.56 Å². The summed E-state index contributed by atoms with van der Waals surface area (Å²) in [6.45, 7) is 3.63. The molecule has 0 spiro atoms. The first-order valence-electron chi connectivity index (χ1n) is 2.64. The zero-order valence-electron chi connectivity index (χ0n) is 5.33. The number of rotatable bonds is 1. The molecular weight excluding hydrogens is 296 g/mol. The largest absolute Gasteiger partial charge is 2.00 e. The first-order chi connectivity index (χ1) is 4.34. The summed E-state index contributed by atoms with van der Waals surface area (Å²) < 4.78 is 0. The Morgan fingerprint density at radius 1 is 1.30 bits per heavy atom. The Morgan fingerprint density at radius 2 is 1.90 bits per heavy atom. The standard InChI is InChI=1S/C8H6O.W/c1-7-4-2-3-5-8(7)6-9;/h2-5H,1H2;/q-2;+2. The SMILES string of the molecule is [CH2-]c1ccccc1[C-]=O.[W+2]. The van der Waals surface area contributed by atoms with Gasteiger partial charge in [0.2, 0.25) is 0 Å². The van der Waals surface area contributed by atoms with Crippen LogP contribution in [-0.2, 0) is 25.9 Å². The smallest absolute Gasteiger partial charge is 0.391 e. The molecule has 2 heteroatoms. The summed E-state index contributed by atoms with van der Waals surface area (Å²) >= 11 is 0. The number of hydrogen-bond donors (Lipinski definition) is 0. The minimum absolute atomic E-state index is 0. The van der Waals surface area contributed by atoms with Gasteiger partial charge in [-0.15, -0.1) is 12.1 Å². The maximum Gasteiger partial charge on any atom is 2.00 e. The Bertz CT molecular complexity index is 220. The fraction of sp³-hybridized carbons (Fsp3) is 0. The molecule has 10 heavy (non-hydrogen) atoms. The van der Waals surface area contributed by atoms with Crippen molar-refractivity contribution in [1.29, 1.82) is 0 Å². The average Bonchev–Trinajstić information content (AvgIpc) is 1.89. The van der Waals surface area contributed by atoms with Crippen LogP contribution in [0.5, 0.6) is 0 Å². The van der Waals surface area contributed by atoms with E-state index < -0.39 is 0 Å². The normalized spacial score (nSPS) is 8.00. The molecule has 0 heterocycles. The molecular formula is C8H6OW. The van der Waals surface area contributed by atoms with E-state index in [9.17, 15) is 4.79 Å². The van der Waals surface area contributed by atoms with Gasteiger partial charge in [-0.25, -0.2) is 12.1 Å². The molecule has 0 aliphatic rings. The van der Waals surface area contributed by atoms with Gasteiger partial charge in [-0.05, 0) is 6.29 Å². The number of benzene rings is 1. The van der Waals surface area contributed by atoms with Crippen LogP contribution in [0.15, 0.2) is 24.3 Å². The van der Waals surface area contributed by atoms with Crippen molar-refractivity contribution in [2.24, 2.45) is 0 Å². The van der Waals surface area contributed by atoms with E-state index in [0.29, 0.717) is 5.56 Å². The van der Waals surface area contributed by atoms with Crippen LogP contribution in [0.3, 0.4) is 0 Å². The van der Waals surface area contributed by atoms with Crippen LogP contribution >= 0.6 is 0 Å². The van der Waals surface area contributed by atoms with Gasteiger partial charge in [-0.1, -0.05) is 0 Å². The van der Waals surface area contributed by atoms with Crippen molar-refractivity contribution >= 4 is 6.29 Å². The predicted octanol–water partition coefficient (Wildman–Crippen LogP) is 1.32. The van der Waals surface area contributed by atoms with E-state index in [2.05, 4.69) is 6.92 Å². The van der Waals surface area contributed by atoms with Gasteiger partial charge in [0.1, 0.15) is 0 Å². The summed E-state index contributed by atoms with van der Waals surface area (Å²) in [6, 6.07) is 7.09. The molecule has 1 rings (SSSR count). The van der Waals surface area contributed by atoms with Crippen molar-refractivity contribution in [3.05, 3.63) is 42.3 Å². The molecule has 0 radical (unpaired) electrons. The van der Waals surface area contributed by atoms with Gasteiger partial charge in [0.15, 0.2) is 0 Å². The fourth-order valence-electron chi connectivity index (χ4n) is 0.620. The van der Waals surface area contributed by atoms with Crippen LogP contribution in [0.25, 0.3) is 0 Å². The van der Waals surface area contributed by atoms with Crippen LogP contribution < -0.4 is 0 Å². The molecule has 0 aromatic heterocycles. The second-order valence-electron chi connectivity index (χ2n) is 1.76. The van der Waals surface area contributed by atoms with Crippen LogP contribution in [0.4, 0.5) is 0 Å². The maximum absolute atomic E-state index is 10.1. The van der Waals surface area contributed by atoms with Gasteiger partial charge in [-0.3, -0.25) is 18.1 Å². The monoisotopic (exact) mass is 302 g/mol. The molecule has 0 N–H and O–H groups in total. The molecule has 0 bridgehead atoms. The van der Waals surface area contributed by atoms with Crippen molar-refractivity contribution in [2.75, 3.05) is 0 Å². The molecule has 1 aromatic rings. The van der Waals surface area contributed by atoms with Crippen LogP contribution in [0.2, 0.25) is 0 Å². The summed E-state index contributed by atoms with van der Waals surface area (Å²) in [7, 11) is 0. The van der Waals surface area contributed by atoms with E-state index >= 15 is 0 Å². The van der Waals surface area contributed by atoms with E-state index in [4.69, 9.17) is 0 Å². The summed E-state index contributed by atoms with van der Waals surface area (Å²) in [5.41, 5.74) is 1.27. The van der Waals surface area contributed by atoms with E-state index in [1.54, 1.807) is 24.5 Å². The van der Waals surface area contributed by atoms with E-state index in [1.807, 2.05) is 6.07 Å². The first-order valence-corrected chi connectivity index (χ1v) is 2.64. The molecule has 50 valence electrons. The van der Waals surface area contributed by atoms with Gasteiger partial charge in [0.05, 0.1) is 0 Å². The molecule has 0 atom stereocenters. The van der Waals surface area contributed by atoms with Crippen molar-refractivity contribution in [3.8, 4) is 0 Å². The summed E-state index contributed by atoms with van der Waals surface area (Å²) in [5, 5.41) is 0. The summed E-state index contributed by atoms with van der Waals surface area (Å²) in [6.07, 6.45) is 1.78. The molecule has 1 aromatic carbocycles. The Hall–Kier alpha value is -0.552. The predicted molar refractivity (Wildman–Crippen MR) is 35.7 cm³/mol. The zero-order chi connectivity index (χ0) is 6.69. The Balaban J connectivity index is 0.000000810. The van der Waals surface area contributed by atoms with Crippen molar-refractivity contribution in [3.63, 3.8) is 0 Å². The topological polar surface area (TPSA) is 17.1 Å². The molecule has 0 aliphatic carbocycles. The van der Waals surface area contributed by atoms with Gasteiger partial charge < -0.3 is 4.79 Å². The third kappa shape index (κ3) is 2.00. The second kappa shape index (κ2) is 4.29. The van der Waals surface area contributed by atoms with Gasteiger partial charge in [0.25, 0.3) is 0 Å². The Kier molecular flexibility index (Phi) is 4.06. The Morgan fingerprint density at radius 3 is 2.30 bits per heavy atom. The fourth-order valence-corrected chi connectivity index (χ4v) is 0.620. The van der Waals surface area contributed by atoms with Gasteiger partial charge in [-0.2, -0.15) is 0 Å². The van der Waals surface area contributed by atoms with Crippen LogP contribution in [-0.4, -0.2) is 6.29 Å². The second-order valence-corrected chi connectivity index (χ2v) is 1.76. The van der Waals surface area contributed by atoms with Crippen LogP contribution in [0.1, 0.15) is 11.1 Å². The molecule has 0 amide bonds. The summed E-state index contributed by atoms with van der Waals surface area (Å²) in [4.78, 5) is 10.1. The van der Waals surface area contributed by atoms with E-state index in [-0.39, 0.29) is 21.1 Å². The van der Waals surface area contributed by atoms with Crippen molar-refractivity contribution in [1.82, 2.24) is 0 Å². The van der Waals surface area contributed by atoms with Crippen molar-refractivity contribution < 1.29 is 25.9 Å². The average molecular weight is 302 g/mol. The molecule has 1 nitrogen and oxygen atoms in total. The molecule has 0 aliphatic heterocycles. The quantitative estimate of drug-likeness (QED) is 0.715. The number of carbonyl (C=O) groups excluding carboxylic acids is 1. The first kappa shape index (κ1) is 9.45. The molecule has 0 saturated carbocycles. The van der Waals surface area contributed by atoms with Crippen molar-refractivity contribution in [2.45, 2.75) is 0 Å². The minimum Gasteiger partial charge on any atom is -0.391 e.